The third kappa shape index (κ3) is 25.6. The van der Waals surface area contributed by atoms with Crippen molar-refractivity contribution in [3.63, 3.8) is 0 Å². The molecule has 52 heavy (non-hydrogen) atoms. The van der Waals surface area contributed by atoms with E-state index in [4.69, 9.17) is 18.9 Å². The predicted molar refractivity (Wildman–Crippen MR) is 210 cm³/mol. The van der Waals surface area contributed by atoms with Crippen molar-refractivity contribution < 1.29 is 44.2 Å². The van der Waals surface area contributed by atoms with Gasteiger partial charge in [-0.15, -0.1) is 0 Å². The van der Waals surface area contributed by atoms with E-state index in [1.807, 2.05) is 0 Å². The molecule has 0 aromatic carbocycles. The first-order valence-electron chi connectivity index (χ1n) is 20.0. The second kappa shape index (κ2) is 34.4. The molecule has 0 aliphatic carbocycles. The molecule has 0 amide bonds. The fourth-order valence-electron chi connectivity index (χ4n) is 5.52. The van der Waals surface area contributed by atoms with Crippen LogP contribution < -0.4 is 0 Å². The first-order valence-corrected chi connectivity index (χ1v) is 20.0. The van der Waals surface area contributed by atoms with Crippen molar-refractivity contribution in [1.82, 2.24) is 0 Å². The van der Waals surface area contributed by atoms with Crippen LogP contribution >= 0.6 is 0 Å². The maximum absolute atomic E-state index is 12.7. The van der Waals surface area contributed by atoms with Crippen LogP contribution in [0.4, 0.5) is 0 Å². The maximum Gasteiger partial charge on any atom is 0.306 e. The van der Waals surface area contributed by atoms with Crippen molar-refractivity contribution in [2.24, 2.45) is 0 Å². The van der Waals surface area contributed by atoms with Crippen molar-refractivity contribution in [2.75, 3.05) is 26.4 Å². The number of hydrogen-bond acceptors (Lipinski definition) is 9. The van der Waals surface area contributed by atoms with Crippen molar-refractivity contribution >= 4 is 5.97 Å². The minimum Gasteiger partial charge on any atom is -0.457 e. The minimum absolute atomic E-state index is 0.118. The molecule has 4 N–H and O–H groups in total. The summed E-state index contributed by atoms with van der Waals surface area (Å²) in [7, 11) is 0. The van der Waals surface area contributed by atoms with Crippen molar-refractivity contribution in [2.45, 2.75) is 166 Å². The molecule has 9 nitrogen and oxygen atoms in total. The molecular formula is C43H72O9. The van der Waals surface area contributed by atoms with E-state index in [0.717, 1.165) is 109 Å². The molecule has 9 heteroatoms. The first kappa shape index (κ1) is 47.7. The third-order valence-electron chi connectivity index (χ3n) is 8.62. The zero-order valence-electron chi connectivity index (χ0n) is 32.3. The summed E-state index contributed by atoms with van der Waals surface area (Å²) in [6, 6.07) is 0. The van der Waals surface area contributed by atoms with Gasteiger partial charge in [0.2, 0.25) is 0 Å². The summed E-state index contributed by atoms with van der Waals surface area (Å²) < 4.78 is 22.7. The number of aliphatic hydroxyl groups is 4. The number of esters is 1. The van der Waals surface area contributed by atoms with E-state index in [2.05, 4.69) is 86.8 Å². The van der Waals surface area contributed by atoms with Gasteiger partial charge in [-0.1, -0.05) is 119 Å². The summed E-state index contributed by atoms with van der Waals surface area (Å²) in [5, 5.41) is 40.0. The average Bonchev–Trinajstić information content (AvgIpc) is 3.14. The molecule has 298 valence electrons. The Morgan fingerprint density at radius 1 is 0.615 bits per heavy atom. The fraction of sp³-hybridized carbons (Fsp3) is 0.698. The molecule has 0 bridgehead atoms. The number of carbonyl (C=O) groups excluding carboxylic acids is 1. The van der Waals surface area contributed by atoms with Crippen LogP contribution in [0.25, 0.3) is 0 Å². The second-order valence-corrected chi connectivity index (χ2v) is 13.3. The quantitative estimate of drug-likeness (QED) is 0.0307. The Balaban J connectivity index is 2.35. The Bertz CT molecular complexity index is 1020. The molecule has 6 unspecified atom stereocenters. The summed E-state index contributed by atoms with van der Waals surface area (Å²) in [4.78, 5) is 12.7. The first-order chi connectivity index (χ1) is 25.4. The number of ether oxygens (including phenoxy) is 4. The van der Waals surface area contributed by atoms with Crippen molar-refractivity contribution in [3.05, 3.63) is 72.9 Å². The highest BCUT2D eigenvalue weighted by atomic mass is 16.7. The molecule has 0 aromatic heterocycles. The van der Waals surface area contributed by atoms with Gasteiger partial charge >= 0.3 is 5.97 Å². The number of allylic oxidation sites excluding steroid dienone is 12. The number of aliphatic hydroxyl groups excluding tert-OH is 4. The number of carbonyl (C=O) groups is 1. The van der Waals surface area contributed by atoms with Gasteiger partial charge in [0.05, 0.1) is 19.8 Å². The van der Waals surface area contributed by atoms with Crippen LogP contribution in [0.3, 0.4) is 0 Å². The zero-order valence-corrected chi connectivity index (χ0v) is 32.3. The van der Waals surface area contributed by atoms with Crippen LogP contribution in [-0.2, 0) is 23.7 Å². The van der Waals surface area contributed by atoms with Gasteiger partial charge in [0.15, 0.2) is 6.29 Å². The van der Waals surface area contributed by atoms with Crippen LogP contribution in [0.15, 0.2) is 72.9 Å². The fourth-order valence-corrected chi connectivity index (χ4v) is 5.52. The molecule has 1 heterocycles. The van der Waals surface area contributed by atoms with Gasteiger partial charge in [0.25, 0.3) is 0 Å². The highest BCUT2D eigenvalue weighted by molar-refractivity contribution is 5.69. The Labute approximate surface area is 315 Å². The second-order valence-electron chi connectivity index (χ2n) is 13.3. The van der Waals surface area contributed by atoms with Crippen LogP contribution in [0.5, 0.6) is 0 Å². The van der Waals surface area contributed by atoms with Gasteiger partial charge in [0.1, 0.15) is 30.5 Å². The molecule has 1 aliphatic rings. The molecule has 6 atom stereocenters. The van der Waals surface area contributed by atoms with Gasteiger partial charge in [-0.25, -0.2) is 0 Å². The standard InChI is InChI=1S/C43H72O9/c1-3-5-7-9-11-13-15-17-19-20-22-24-26-28-30-32-39(45)51-37(36-50-43-42(48)41(47)40(46)38(34-44)52-43)35-49-33-31-29-27-25-23-21-18-16-14-12-10-8-6-4-2/h5-8,11-14,17-19,21,37-38,40-44,46-48H,3-4,9-10,15-16,20,22-36H2,1-2H3/b7-5-,8-6-,13-11-,14-12-,19-17-,21-18-. The summed E-state index contributed by atoms with van der Waals surface area (Å²) in [5.41, 5.74) is 0. The third-order valence-corrected chi connectivity index (χ3v) is 8.62. The Kier molecular flexibility index (Phi) is 31.5. The SMILES string of the molecule is CC/C=C\C/C=C\C/C=C\CCCCCCCC(=O)OC(COCCCCCC/C=C\C/C=C\C/C=C\CC)COC1OC(CO)C(O)C(O)C1O. The lowest BCUT2D eigenvalue weighted by Crippen LogP contribution is -2.59. The van der Waals surface area contributed by atoms with Crippen molar-refractivity contribution in [1.29, 1.82) is 0 Å². The molecule has 1 saturated heterocycles. The van der Waals surface area contributed by atoms with E-state index in [-0.39, 0.29) is 25.6 Å². The zero-order chi connectivity index (χ0) is 37.9. The molecule has 0 radical (unpaired) electrons. The molecule has 1 fully saturated rings. The van der Waals surface area contributed by atoms with Gasteiger partial charge < -0.3 is 39.4 Å². The van der Waals surface area contributed by atoms with E-state index in [1.54, 1.807) is 0 Å². The lowest BCUT2D eigenvalue weighted by Gasteiger charge is -2.39. The van der Waals surface area contributed by atoms with E-state index in [9.17, 15) is 25.2 Å². The van der Waals surface area contributed by atoms with E-state index in [0.29, 0.717) is 6.61 Å². The Morgan fingerprint density at radius 3 is 1.67 bits per heavy atom. The van der Waals surface area contributed by atoms with Gasteiger partial charge in [-0.2, -0.15) is 0 Å². The van der Waals surface area contributed by atoms with Crippen LogP contribution in [-0.4, -0.2) is 89.6 Å². The Hall–Kier alpha value is -2.37. The normalized spacial score (nSPS) is 22.0. The number of hydrogen-bond donors (Lipinski definition) is 4. The molecule has 0 spiro atoms. The van der Waals surface area contributed by atoms with Gasteiger partial charge in [-0.05, 0) is 77.0 Å². The van der Waals surface area contributed by atoms with Crippen molar-refractivity contribution in [3.8, 4) is 0 Å². The predicted octanol–water partition coefficient (Wildman–Crippen LogP) is 8.13. The topological polar surface area (TPSA) is 135 Å². The van der Waals surface area contributed by atoms with Gasteiger partial charge in [-0.3, -0.25) is 4.79 Å². The summed E-state index contributed by atoms with van der Waals surface area (Å²) >= 11 is 0. The van der Waals surface area contributed by atoms with Crippen LogP contribution in [0.1, 0.15) is 129 Å². The highest BCUT2D eigenvalue weighted by Gasteiger charge is 2.44. The number of unbranched alkanes of at least 4 members (excludes halogenated alkanes) is 9. The summed E-state index contributed by atoms with van der Waals surface area (Å²) in [6.07, 6.45) is 36.4. The molecule has 0 saturated carbocycles. The lowest BCUT2D eigenvalue weighted by molar-refractivity contribution is -0.305. The number of rotatable bonds is 32. The smallest absolute Gasteiger partial charge is 0.306 e. The Morgan fingerprint density at radius 2 is 1.12 bits per heavy atom. The molecule has 1 aliphatic heterocycles. The van der Waals surface area contributed by atoms with E-state index in [1.165, 1.54) is 0 Å². The van der Waals surface area contributed by atoms with E-state index >= 15 is 0 Å². The summed E-state index contributed by atoms with van der Waals surface area (Å²) in [6.45, 7) is 4.23. The van der Waals surface area contributed by atoms with Crippen LogP contribution in [0, 0.1) is 0 Å². The molecular weight excluding hydrogens is 660 g/mol. The highest BCUT2D eigenvalue weighted by Crippen LogP contribution is 2.22. The molecule has 0 aromatic rings. The molecule has 1 rings (SSSR count). The summed E-state index contributed by atoms with van der Waals surface area (Å²) in [5.74, 6) is -0.343. The monoisotopic (exact) mass is 733 g/mol. The van der Waals surface area contributed by atoms with E-state index < -0.39 is 43.4 Å². The largest absolute Gasteiger partial charge is 0.457 e. The van der Waals surface area contributed by atoms with Gasteiger partial charge in [0, 0.05) is 13.0 Å². The average molecular weight is 733 g/mol. The lowest BCUT2D eigenvalue weighted by atomic mass is 9.99. The van der Waals surface area contributed by atoms with Crippen LogP contribution in [0.2, 0.25) is 0 Å². The minimum atomic E-state index is -1.55. The maximum atomic E-state index is 12.7.